The second-order valence-corrected chi connectivity index (χ2v) is 10.1. The number of aromatic amines is 1. The number of benzene rings is 1. The molecule has 0 aliphatic heterocycles. The van der Waals surface area contributed by atoms with Crippen molar-refractivity contribution >= 4 is 28.6 Å². The van der Waals surface area contributed by atoms with Gasteiger partial charge in [-0.2, -0.15) is 5.10 Å². The summed E-state index contributed by atoms with van der Waals surface area (Å²) < 4.78 is 14.5. The van der Waals surface area contributed by atoms with Crippen molar-refractivity contribution in [1.82, 2.24) is 20.2 Å². The Morgan fingerprint density at radius 2 is 2.00 bits per heavy atom. The average Bonchev–Trinajstić information content (AvgIpc) is 3.34. The van der Waals surface area contributed by atoms with Crippen LogP contribution in [0.1, 0.15) is 57.8 Å². The maximum Gasteiger partial charge on any atom is 0.287 e. The zero-order valence-electron chi connectivity index (χ0n) is 19.7. The molecule has 0 atom stereocenters. The van der Waals surface area contributed by atoms with E-state index < -0.39 is 5.56 Å². The summed E-state index contributed by atoms with van der Waals surface area (Å²) in [6, 6.07) is 8.47. The molecule has 1 aliphatic rings. The first-order valence-corrected chi connectivity index (χ1v) is 12.9. The molecule has 0 saturated heterocycles. The van der Waals surface area contributed by atoms with Crippen molar-refractivity contribution in [3.05, 3.63) is 86.0 Å². The molecule has 0 amide bonds. The van der Waals surface area contributed by atoms with Crippen LogP contribution in [0.25, 0.3) is 11.3 Å². The van der Waals surface area contributed by atoms with Crippen LogP contribution in [0.4, 0.5) is 15.9 Å². The summed E-state index contributed by atoms with van der Waals surface area (Å²) in [5.74, 6) is 0.319. The fourth-order valence-electron chi connectivity index (χ4n) is 4.43. The zero-order chi connectivity index (χ0) is 24.9. The molecule has 9 heteroatoms. The maximum atomic E-state index is 14.5. The molecule has 4 aromatic rings. The number of halogens is 1. The smallest absolute Gasteiger partial charge is 0.287 e. The van der Waals surface area contributed by atoms with Gasteiger partial charge in [0.15, 0.2) is 5.78 Å². The summed E-state index contributed by atoms with van der Waals surface area (Å²) in [5, 5.41) is 9.52. The second-order valence-electron chi connectivity index (χ2n) is 8.91. The van der Waals surface area contributed by atoms with E-state index >= 15 is 0 Å². The van der Waals surface area contributed by atoms with Gasteiger partial charge in [-0.1, -0.05) is 0 Å². The molecule has 0 fully saturated rings. The van der Waals surface area contributed by atoms with Crippen LogP contribution >= 0.6 is 11.3 Å². The lowest BCUT2D eigenvalue weighted by Gasteiger charge is -2.09. The number of carbonyl (C=O) groups is 1. The van der Waals surface area contributed by atoms with E-state index in [4.69, 9.17) is 0 Å². The van der Waals surface area contributed by atoms with E-state index in [2.05, 4.69) is 31.5 Å². The molecule has 3 aromatic heterocycles. The summed E-state index contributed by atoms with van der Waals surface area (Å²) in [5.41, 5.74) is 2.95. The summed E-state index contributed by atoms with van der Waals surface area (Å²) in [6.45, 7) is 0. The molecule has 3 heterocycles. The van der Waals surface area contributed by atoms with Crippen LogP contribution in [-0.2, 0) is 19.3 Å². The lowest BCUT2D eigenvalue weighted by atomic mass is 9.98. The monoisotopic (exact) mass is 503 g/mol. The van der Waals surface area contributed by atoms with Crippen LogP contribution in [0.2, 0.25) is 0 Å². The van der Waals surface area contributed by atoms with Gasteiger partial charge < -0.3 is 5.32 Å². The number of nitrogens with zero attached hydrogens (tertiary/aromatic N) is 3. The third kappa shape index (κ3) is 5.57. The molecular weight excluding hydrogens is 477 g/mol. The largest absolute Gasteiger partial charge is 0.334 e. The predicted molar refractivity (Wildman–Crippen MR) is 138 cm³/mol. The molecule has 0 radical (unpaired) electrons. The highest BCUT2D eigenvalue weighted by molar-refractivity contribution is 7.14. The highest BCUT2D eigenvalue weighted by atomic mass is 32.1. The number of rotatable bonds is 9. The van der Waals surface area contributed by atoms with Gasteiger partial charge in [-0.25, -0.2) is 14.5 Å². The van der Waals surface area contributed by atoms with Gasteiger partial charge in [0.1, 0.15) is 17.3 Å². The third-order valence-electron chi connectivity index (χ3n) is 6.34. The van der Waals surface area contributed by atoms with Gasteiger partial charge in [0.2, 0.25) is 0 Å². The van der Waals surface area contributed by atoms with E-state index in [-0.39, 0.29) is 17.3 Å². The fraction of sp³-hybridized carbons (Fsp3) is 0.296. The van der Waals surface area contributed by atoms with Crippen LogP contribution in [0.3, 0.4) is 0 Å². The Morgan fingerprint density at radius 1 is 1.11 bits per heavy atom. The van der Waals surface area contributed by atoms with Crippen LogP contribution in [0.15, 0.2) is 53.7 Å². The lowest BCUT2D eigenvalue weighted by Crippen LogP contribution is -2.14. The highest BCUT2D eigenvalue weighted by Gasteiger charge is 2.17. The zero-order valence-corrected chi connectivity index (χ0v) is 20.5. The minimum atomic E-state index is -0.400. The molecule has 0 unspecified atom stereocenters. The molecule has 0 saturated carbocycles. The van der Waals surface area contributed by atoms with Gasteiger partial charge in [0, 0.05) is 29.3 Å². The van der Waals surface area contributed by atoms with Crippen molar-refractivity contribution in [2.45, 2.75) is 51.4 Å². The number of fused-ring (bicyclic) bond motifs is 1. The Kier molecular flexibility index (Phi) is 7.27. The van der Waals surface area contributed by atoms with Crippen LogP contribution < -0.4 is 10.9 Å². The van der Waals surface area contributed by atoms with Crippen molar-refractivity contribution in [2.75, 3.05) is 5.32 Å². The minimum absolute atomic E-state index is 0.184. The number of aryl methyl sites for hydroxylation is 3. The molecule has 36 heavy (non-hydrogen) atoms. The number of nitrogens with one attached hydrogen (secondary N) is 2. The van der Waals surface area contributed by atoms with Crippen molar-refractivity contribution in [3.63, 3.8) is 0 Å². The average molecular weight is 504 g/mol. The first kappa shape index (κ1) is 24.0. The Hall–Kier alpha value is -3.72. The Morgan fingerprint density at radius 3 is 2.83 bits per heavy atom. The van der Waals surface area contributed by atoms with Gasteiger partial charge in [-0.15, -0.1) is 11.3 Å². The van der Waals surface area contributed by atoms with E-state index in [1.807, 2.05) is 0 Å². The Labute approximate surface area is 211 Å². The molecule has 2 N–H and O–H groups in total. The summed E-state index contributed by atoms with van der Waals surface area (Å²) in [6.07, 6.45) is 11.5. The van der Waals surface area contributed by atoms with Crippen LogP contribution in [-0.4, -0.2) is 25.9 Å². The number of ketones is 1. The van der Waals surface area contributed by atoms with E-state index in [1.165, 1.54) is 47.9 Å². The second kappa shape index (κ2) is 10.9. The highest BCUT2D eigenvalue weighted by Crippen LogP contribution is 2.31. The van der Waals surface area contributed by atoms with E-state index in [1.54, 1.807) is 29.5 Å². The molecule has 1 aliphatic carbocycles. The van der Waals surface area contributed by atoms with Crippen molar-refractivity contribution in [1.29, 1.82) is 0 Å². The number of unbranched alkanes of at least 4 members (excludes halogenated alkanes) is 1. The van der Waals surface area contributed by atoms with Crippen LogP contribution in [0, 0.1) is 5.82 Å². The van der Waals surface area contributed by atoms with Gasteiger partial charge in [-0.3, -0.25) is 14.6 Å². The summed E-state index contributed by atoms with van der Waals surface area (Å²) in [4.78, 5) is 35.2. The predicted octanol–water partition coefficient (Wildman–Crippen LogP) is 5.65. The number of hydrogen-bond acceptors (Lipinski definition) is 7. The fourth-order valence-corrected chi connectivity index (χ4v) is 5.65. The molecule has 0 spiro atoms. The van der Waals surface area contributed by atoms with Gasteiger partial charge in [0.25, 0.3) is 5.56 Å². The number of aromatic nitrogens is 4. The topological polar surface area (TPSA) is 101 Å². The number of H-pyrrole nitrogens is 1. The lowest BCUT2D eigenvalue weighted by molar-refractivity contribution is 0.0983. The standard InChI is InChI=1S/C27H26FN5O2S/c28-20-10-9-18(21-15-22(27(35)33-32-21)31-26-16-29-11-12-30-26)13-17(20)5-1-3-7-23(34)25-14-19-6-2-4-8-24(19)36-25/h9-16H,1-8H2,(H,33,35)(H,30,31,32). The van der Waals surface area contributed by atoms with E-state index in [0.29, 0.717) is 48.3 Å². The van der Waals surface area contributed by atoms with Crippen LogP contribution in [0.5, 0.6) is 0 Å². The Bertz CT molecular complexity index is 1410. The molecule has 7 nitrogen and oxygen atoms in total. The quantitative estimate of drug-likeness (QED) is 0.226. The van der Waals surface area contributed by atoms with Crippen molar-refractivity contribution < 1.29 is 9.18 Å². The number of carbonyl (C=O) groups excluding carboxylic acids is 1. The maximum absolute atomic E-state index is 14.5. The number of Topliss-reactive ketones (excluding diaryl/α,β-unsaturated/α-hetero) is 1. The van der Waals surface area contributed by atoms with Gasteiger partial charge in [-0.05, 0) is 86.4 Å². The van der Waals surface area contributed by atoms with Crippen molar-refractivity contribution in [2.24, 2.45) is 0 Å². The molecule has 184 valence electrons. The molecule has 0 bridgehead atoms. The molecule has 1 aromatic carbocycles. The Balaban J connectivity index is 1.22. The third-order valence-corrected chi connectivity index (χ3v) is 7.62. The van der Waals surface area contributed by atoms with Crippen molar-refractivity contribution in [3.8, 4) is 11.3 Å². The summed E-state index contributed by atoms with van der Waals surface area (Å²) >= 11 is 1.65. The normalized spacial score (nSPS) is 12.8. The minimum Gasteiger partial charge on any atom is -0.334 e. The number of hydrogen-bond donors (Lipinski definition) is 2. The molecular formula is C27H26FN5O2S. The summed E-state index contributed by atoms with van der Waals surface area (Å²) in [7, 11) is 0. The first-order chi connectivity index (χ1) is 17.6. The van der Waals surface area contributed by atoms with Gasteiger partial charge >= 0.3 is 0 Å². The van der Waals surface area contributed by atoms with E-state index in [9.17, 15) is 14.0 Å². The number of anilines is 2. The van der Waals surface area contributed by atoms with E-state index in [0.717, 1.165) is 17.7 Å². The van der Waals surface area contributed by atoms with Gasteiger partial charge in [0.05, 0.1) is 16.8 Å². The molecule has 5 rings (SSSR count). The number of thiophene rings is 1. The first-order valence-electron chi connectivity index (χ1n) is 12.1. The SMILES string of the molecule is O=C(CCCCc1cc(-c2cc(Nc3cnccn3)c(=O)[nH]n2)ccc1F)c1cc2c(s1)CCCC2.